The summed E-state index contributed by atoms with van der Waals surface area (Å²) in [7, 11) is 0. The van der Waals surface area contributed by atoms with Crippen LogP contribution in [0.4, 0.5) is 0 Å². The van der Waals surface area contributed by atoms with Gasteiger partial charge in [0.15, 0.2) is 0 Å². The van der Waals surface area contributed by atoms with Gasteiger partial charge < -0.3 is 0 Å². The summed E-state index contributed by atoms with van der Waals surface area (Å²) < 4.78 is 4.10. The summed E-state index contributed by atoms with van der Waals surface area (Å²) in [6, 6.07) is 0. The van der Waals surface area contributed by atoms with Crippen LogP contribution in [0.1, 0.15) is 30.6 Å². The molecule has 0 aliphatic rings. The van der Waals surface area contributed by atoms with Crippen LogP contribution in [-0.4, -0.2) is 14.7 Å². The number of aryl methyl sites for hydroxylation is 1. The van der Waals surface area contributed by atoms with Gasteiger partial charge in [-0.2, -0.15) is 4.37 Å². The van der Waals surface area contributed by atoms with E-state index in [1.807, 2.05) is 6.92 Å². The second-order valence-electron chi connectivity index (χ2n) is 2.83. The van der Waals surface area contributed by atoms with Crippen LogP contribution < -0.4 is 0 Å². The summed E-state index contributed by atoms with van der Waals surface area (Å²) in [6.07, 6.45) is 3.05. The van der Waals surface area contributed by atoms with Crippen molar-refractivity contribution in [1.29, 1.82) is 0 Å². The average molecular weight is 205 g/mol. The Balaban J connectivity index is 2.41. The van der Waals surface area contributed by atoms with Gasteiger partial charge in [0.1, 0.15) is 10.8 Å². The zero-order valence-corrected chi connectivity index (χ0v) is 8.95. The van der Waals surface area contributed by atoms with Crippen LogP contribution in [0.15, 0.2) is 0 Å². The molecule has 0 bridgehead atoms. The van der Waals surface area contributed by atoms with Gasteiger partial charge in [-0.05, 0) is 24.9 Å². The van der Waals surface area contributed by atoms with Crippen molar-refractivity contribution in [2.24, 2.45) is 0 Å². The summed E-state index contributed by atoms with van der Waals surface area (Å²) >= 11 is 7.52. The number of rotatable bonds is 4. The minimum absolute atomic E-state index is 0.224. The van der Waals surface area contributed by atoms with E-state index in [1.54, 1.807) is 0 Å². The molecule has 0 aliphatic carbocycles. The lowest BCUT2D eigenvalue weighted by Gasteiger charge is -2.03. The summed E-state index contributed by atoms with van der Waals surface area (Å²) in [6.45, 7) is 4.05. The van der Waals surface area contributed by atoms with Crippen molar-refractivity contribution < 1.29 is 0 Å². The molecule has 1 aromatic heterocycles. The number of hydrogen-bond acceptors (Lipinski definition) is 3. The first kappa shape index (κ1) is 9.93. The third-order valence-electron chi connectivity index (χ3n) is 1.57. The zero-order chi connectivity index (χ0) is 8.97. The predicted octanol–water partition coefficient (Wildman–Crippen LogP) is 2.80. The SMILES string of the molecule is CCCC(Cl)Cc1nc(C)ns1. The van der Waals surface area contributed by atoms with Crippen LogP contribution in [0.25, 0.3) is 0 Å². The molecule has 0 N–H and O–H groups in total. The first-order valence-corrected chi connectivity index (χ1v) is 5.36. The van der Waals surface area contributed by atoms with Gasteiger partial charge in [-0.15, -0.1) is 11.6 Å². The average Bonchev–Trinajstić information content (AvgIpc) is 2.36. The molecule has 0 aliphatic heterocycles. The maximum atomic E-state index is 6.06. The van der Waals surface area contributed by atoms with Crippen molar-refractivity contribution in [2.45, 2.75) is 38.5 Å². The fraction of sp³-hybridized carbons (Fsp3) is 0.750. The highest BCUT2D eigenvalue weighted by atomic mass is 35.5. The monoisotopic (exact) mass is 204 g/mol. The number of halogens is 1. The fourth-order valence-electron chi connectivity index (χ4n) is 1.03. The molecule has 1 atom stereocenters. The van der Waals surface area contributed by atoms with E-state index in [0.717, 1.165) is 30.1 Å². The third kappa shape index (κ3) is 3.07. The minimum atomic E-state index is 0.224. The highest BCUT2D eigenvalue weighted by Gasteiger charge is 2.07. The van der Waals surface area contributed by atoms with Gasteiger partial charge in [-0.3, -0.25) is 0 Å². The van der Waals surface area contributed by atoms with Gasteiger partial charge in [0.25, 0.3) is 0 Å². The molecule has 0 saturated heterocycles. The molecule has 0 aromatic carbocycles. The Morgan fingerprint density at radius 1 is 1.58 bits per heavy atom. The van der Waals surface area contributed by atoms with E-state index in [1.165, 1.54) is 11.5 Å². The molecular formula is C8H13ClN2S. The summed E-state index contributed by atoms with van der Waals surface area (Å²) in [5.74, 6) is 0.857. The first-order valence-electron chi connectivity index (χ1n) is 4.15. The number of aromatic nitrogens is 2. The van der Waals surface area contributed by atoms with E-state index in [9.17, 15) is 0 Å². The van der Waals surface area contributed by atoms with Crippen LogP contribution in [0.3, 0.4) is 0 Å². The second-order valence-corrected chi connectivity index (χ2v) is 4.28. The Hall–Kier alpha value is -0.150. The van der Waals surface area contributed by atoms with Crippen molar-refractivity contribution in [2.75, 3.05) is 0 Å². The highest BCUT2D eigenvalue weighted by molar-refractivity contribution is 7.05. The largest absolute Gasteiger partial charge is 0.225 e. The maximum Gasteiger partial charge on any atom is 0.139 e. The first-order chi connectivity index (χ1) is 5.72. The summed E-state index contributed by atoms with van der Waals surface area (Å²) in [5.41, 5.74) is 0. The van der Waals surface area contributed by atoms with Crippen molar-refractivity contribution >= 4 is 23.1 Å². The molecule has 0 fully saturated rings. The quantitative estimate of drug-likeness (QED) is 0.705. The Kier molecular flexibility index (Phi) is 3.95. The van der Waals surface area contributed by atoms with E-state index in [2.05, 4.69) is 16.3 Å². The Morgan fingerprint density at radius 2 is 2.33 bits per heavy atom. The summed E-state index contributed by atoms with van der Waals surface area (Å²) in [4.78, 5) is 4.26. The zero-order valence-electron chi connectivity index (χ0n) is 7.38. The smallest absolute Gasteiger partial charge is 0.139 e. The van der Waals surface area contributed by atoms with Gasteiger partial charge >= 0.3 is 0 Å². The number of nitrogens with zero attached hydrogens (tertiary/aromatic N) is 2. The van der Waals surface area contributed by atoms with Crippen molar-refractivity contribution in [3.8, 4) is 0 Å². The van der Waals surface area contributed by atoms with Gasteiger partial charge in [0, 0.05) is 11.8 Å². The van der Waals surface area contributed by atoms with Crippen molar-refractivity contribution in [3.63, 3.8) is 0 Å². The second kappa shape index (κ2) is 4.77. The standard InChI is InChI=1S/C8H13ClN2S/c1-3-4-7(9)5-8-10-6(2)11-12-8/h7H,3-5H2,1-2H3. The van der Waals surface area contributed by atoms with Crippen LogP contribution in [0, 0.1) is 6.92 Å². The predicted molar refractivity (Wildman–Crippen MR) is 52.9 cm³/mol. The topological polar surface area (TPSA) is 25.8 Å². The molecule has 4 heteroatoms. The highest BCUT2D eigenvalue weighted by Crippen LogP contribution is 2.14. The fourth-order valence-corrected chi connectivity index (χ4v) is 2.21. The lowest BCUT2D eigenvalue weighted by Crippen LogP contribution is -2.02. The molecule has 1 rings (SSSR count). The molecule has 2 nitrogen and oxygen atoms in total. The summed E-state index contributed by atoms with van der Waals surface area (Å²) in [5, 5.41) is 1.28. The molecule has 0 radical (unpaired) electrons. The molecule has 68 valence electrons. The minimum Gasteiger partial charge on any atom is -0.225 e. The maximum absolute atomic E-state index is 6.06. The molecule has 0 amide bonds. The van der Waals surface area contributed by atoms with Crippen LogP contribution >= 0.6 is 23.1 Å². The van der Waals surface area contributed by atoms with Gasteiger partial charge in [-0.25, -0.2) is 4.98 Å². The molecule has 1 unspecified atom stereocenters. The van der Waals surface area contributed by atoms with Gasteiger partial charge in [0.05, 0.1) is 0 Å². The van der Waals surface area contributed by atoms with Crippen LogP contribution in [0.5, 0.6) is 0 Å². The normalized spacial score (nSPS) is 13.2. The Labute approximate surface area is 82.1 Å². The number of alkyl halides is 1. The Morgan fingerprint density at radius 3 is 2.83 bits per heavy atom. The molecular weight excluding hydrogens is 192 g/mol. The van der Waals surface area contributed by atoms with Crippen LogP contribution in [-0.2, 0) is 6.42 Å². The van der Waals surface area contributed by atoms with E-state index < -0.39 is 0 Å². The van der Waals surface area contributed by atoms with E-state index in [4.69, 9.17) is 11.6 Å². The van der Waals surface area contributed by atoms with Crippen molar-refractivity contribution in [3.05, 3.63) is 10.8 Å². The lowest BCUT2D eigenvalue weighted by atomic mass is 10.2. The van der Waals surface area contributed by atoms with E-state index in [-0.39, 0.29) is 5.38 Å². The van der Waals surface area contributed by atoms with Crippen LogP contribution in [0.2, 0.25) is 0 Å². The van der Waals surface area contributed by atoms with Crippen molar-refractivity contribution in [1.82, 2.24) is 9.36 Å². The molecule has 12 heavy (non-hydrogen) atoms. The molecule has 1 heterocycles. The Bertz CT molecular complexity index is 237. The molecule has 1 aromatic rings. The molecule has 0 saturated carbocycles. The van der Waals surface area contributed by atoms with Gasteiger partial charge in [0.2, 0.25) is 0 Å². The third-order valence-corrected chi connectivity index (χ3v) is 2.76. The molecule has 0 spiro atoms. The van der Waals surface area contributed by atoms with E-state index >= 15 is 0 Å². The van der Waals surface area contributed by atoms with Gasteiger partial charge in [-0.1, -0.05) is 13.3 Å². The van der Waals surface area contributed by atoms with E-state index in [0.29, 0.717) is 0 Å². The number of hydrogen-bond donors (Lipinski definition) is 0. The lowest BCUT2D eigenvalue weighted by molar-refractivity contribution is 0.723.